The summed E-state index contributed by atoms with van der Waals surface area (Å²) in [5, 5.41) is 15.5. The van der Waals surface area contributed by atoms with Crippen LogP contribution in [0.1, 0.15) is 64.0 Å². The highest BCUT2D eigenvalue weighted by Crippen LogP contribution is 2.10. The predicted molar refractivity (Wildman–Crippen MR) is 131 cm³/mol. The molecule has 0 fully saturated rings. The molecule has 0 amide bonds. The Balaban J connectivity index is 1.86. The Morgan fingerprint density at radius 3 is 2.58 bits per heavy atom. The second kappa shape index (κ2) is 13.7. The van der Waals surface area contributed by atoms with Crippen LogP contribution in [0.15, 0.2) is 35.3 Å². The minimum absolute atomic E-state index is 0.385. The fourth-order valence-corrected chi connectivity index (χ4v) is 3.41. The Morgan fingerprint density at radius 1 is 1.13 bits per heavy atom. The number of benzene rings is 1. The summed E-state index contributed by atoms with van der Waals surface area (Å²) >= 11 is 0. The van der Waals surface area contributed by atoms with Crippen molar-refractivity contribution in [1.82, 2.24) is 25.4 Å². The predicted octanol–water partition coefficient (Wildman–Crippen LogP) is 4.04. The fraction of sp³-hybridized carbons (Fsp3) is 0.625. The number of aliphatic imine (C=N–C) groups is 1. The van der Waals surface area contributed by atoms with Gasteiger partial charge in [-0.3, -0.25) is 0 Å². The van der Waals surface area contributed by atoms with Crippen molar-refractivity contribution in [2.75, 3.05) is 25.0 Å². The molecule has 1 unspecified atom stereocenters. The van der Waals surface area contributed by atoms with Crippen LogP contribution < -0.4 is 15.5 Å². The molecule has 2 N–H and O–H groups in total. The molecule has 0 bridgehead atoms. The average molecular weight is 428 g/mol. The fourth-order valence-electron chi connectivity index (χ4n) is 3.41. The van der Waals surface area contributed by atoms with E-state index in [1.165, 1.54) is 31.4 Å². The number of nitrogens with zero attached hydrogens (tertiary/aromatic N) is 5. The monoisotopic (exact) mass is 427 g/mol. The van der Waals surface area contributed by atoms with E-state index >= 15 is 0 Å². The molecule has 0 spiro atoms. The highest BCUT2D eigenvalue weighted by Gasteiger charge is 2.08. The van der Waals surface area contributed by atoms with Crippen LogP contribution in [0.25, 0.3) is 0 Å². The molecule has 0 aliphatic heterocycles. The Bertz CT molecular complexity index is 769. The van der Waals surface area contributed by atoms with Gasteiger partial charge in [-0.25, -0.2) is 4.99 Å². The van der Waals surface area contributed by atoms with Crippen LogP contribution >= 0.6 is 0 Å². The van der Waals surface area contributed by atoms with Crippen LogP contribution in [-0.2, 0) is 13.6 Å². The first-order valence-corrected chi connectivity index (χ1v) is 11.7. The molecule has 1 aromatic heterocycles. The smallest absolute Gasteiger partial charge is 0.191 e. The van der Waals surface area contributed by atoms with Crippen LogP contribution in [0.4, 0.5) is 5.69 Å². The van der Waals surface area contributed by atoms with E-state index < -0.39 is 0 Å². The highest BCUT2D eigenvalue weighted by atomic mass is 15.3. The maximum absolute atomic E-state index is 4.78. The number of aryl methyl sites for hydroxylation is 1. The van der Waals surface area contributed by atoms with E-state index in [4.69, 9.17) is 4.99 Å². The largest absolute Gasteiger partial charge is 0.375 e. The third-order valence-electron chi connectivity index (χ3n) is 5.59. The summed E-state index contributed by atoms with van der Waals surface area (Å²) in [5.41, 5.74) is 1.24. The topological polar surface area (TPSA) is 70.4 Å². The van der Waals surface area contributed by atoms with E-state index in [1.807, 2.05) is 18.5 Å². The number of unbranched alkanes of at least 4 members (excludes halogenated alkanes) is 3. The zero-order valence-corrected chi connectivity index (χ0v) is 20.1. The first-order valence-electron chi connectivity index (χ1n) is 11.7. The number of guanidine groups is 1. The second-order valence-electron chi connectivity index (χ2n) is 8.32. The van der Waals surface area contributed by atoms with E-state index in [9.17, 15) is 0 Å². The zero-order chi connectivity index (χ0) is 22.5. The molecule has 0 saturated carbocycles. The number of hydrogen-bond acceptors (Lipinski definition) is 4. The molecule has 2 aromatic rings. The summed E-state index contributed by atoms with van der Waals surface area (Å²) in [6.45, 7) is 8.81. The molecule has 7 nitrogen and oxygen atoms in total. The number of nitrogens with one attached hydrogen (secondary N) is 2. The van der Waals surface area contributed by atoms with Gasteiger partial charge in [0.25, 0.3) is 0 Å². The molecule has 1 aromatic carbocycles. The Labute approximate surface area is 188 Å². The molecule has 0 radical (unpaired) electrons. The summed E-state index contributed by atoms with van der Waals surface area (Å²) in [6.07, 6.45) is 7.31. The van der Waals surface area contributed by atoms with Crippen LogP contribution in [0.5, 0.6) is 0 Å². The Morgan fingerprint density at radius 2 is 1.90 bits per heavy atom. The summed E-state index contributed by atoms with van der Waals surface area (Å²) in [5.74, 6) is 2.63. The molecule has 1 atom stereocenters. The van der Waals surface area contributed by atoms with Crippen molar-refractivity contribution < 1.29 is 0 Å². The van der Waals surface area contributed by atoms with Gasteiger partial charge in [-0.1, -0.05) is 50.8 Å². The molecule has 0 aliphatic rings. The van der Waals surface area contributed by atoms with Gasteiger partial charge in [0.2, 0.25) is 0 Å². The lowest BCUT2D eigenvalue weighted by Crippen LogP contribution is -2.43. The van der Waals surface area contributed by atoms with Crippen LogP contribution in [0.3, 0.4) is 0 Å². The van der Waals surface area contributed by atoms with Crippen molar-refractivity contribution in [2.45, 2.75) is 71.9 Å². The van der Waals surface area contributed by atoms with Gasteiger partial charge in [0.05, 0.1) is 0 Å². The number of anilines is 1. The number of rotatable bonds is 13. The van der Waals surface area contributed by atoms with Crippen molar-refractivity contribution in [3.63, 3.8) is 0 Å². The number of hydrogen-bond donors (Lipinski definition) is 2. The normalized spacial score (nSPS) is 12.6. The van der Waals surface area contributed by atoms with Gasteiger partial charge in [-0.15, -0.1) is 10.2 Å². The van der Waals surface area contributed by atoms with Crippen LogP contribution in [-0.4, -0.2) is 46.9 Å². The lowest BCUT2D eigenvalue weighted by atomic mass is 10.1. The first kappa shape index (κ1) is 24.7. The zero-order valence-electron chi connectivity index (χ0n) is 20.1. The molecule has 0 aliphatic carbocycles. The molecule has 0 saturated heterocycles. The third kappa shape index (κ3) is 8.99. The van der Waals surface area contributed by atoms with Crippen LogP contribution in [0, 0.1) is 6.92 Å². The summed E-state index contributed by atoms with van der Waals surface area (Å²) in [7, 11) is 4.12. The van der Waals surface area contributed by atoms with Gasteiger partial charge in [0.15, 0.2) is 11.8 Å². The minimum atomic E-state index is 0.385. The molecule has 172 valence electrons. The number of aromatic nitrogens is 3. The lowest BCUT2D eigenvalue weighted by Gasteiger charge is -2.21. The Kier molecular flexibility index (Phi) is 10.9. The second-order valence-corrected chi connectivity index (χ2v) is 8.32. The summed E-state index contributed by atoms with van der Waals surface area (Å²) in [4.78, 5) is 7.07. The van der Waals surface area contributed by atoms with E-state index in [1.54, 1.807) is 0 Å². The minimum Gasteiger partial charge on any atom is -0.375 e. The first-order chi connectivity index (χ1) is 15.0. The average Bonchev–Trinajstić information content (AvgIpc) is 3.10. The molecular formula is C24H41N7. The van der Waals surface area contributed by atoms with Gasteiger partial charge < -0.3 is 20.1 Å². The van der Waals surface area contributed by atoms with Crippen molar-refractivity contribution in [3.8, 4) is 0 Å². The van der Waals surface area contributed by atoms with Crippen molar-refractivity contribution in [1.29, 1.82) is 0 Å². The SMILES string of the molecule is CCCCCCC(C)NC(=NCc1nnc(C)n1C)NCCCN(C)c1ccccc1. The quantitative estimate of drug-likeness (QED) is 0.287. The molecule has 2 rings (SSSR count). The Hall–Kier alpha value is -2.57. The molecule has 31 heavy (non-hydrogen) atoms. The molecular weight excluding hydrogens is 386 g/mol. The molecule has 1 heterocycles. The van der Waals surface area contributed by atoms with Gasteiger partial charge >= 0.3 is 0 Å². The maximum atomic E-state index is 4.78. The van der Waals surface area contributed by atoms with Gasteiger partial charge in [0, 0.05) is 38.9 Å². The van der Waals surface area contributed by atoms with Crippen LogP contribution in [0.2, 0.25) is 0 Å². The maximum Gasteiger partial charge on any atom is 0.191 e. The summed E-state index contributed by atoms with van der Waals surface area (Å²) < 4.78 is 1.99. The van der Waals surface area contributed by atoms with Gasteiger partial charge in [-0.2, -0.15) is 0 Å². The lowest BCUT2D eigenvalue weighted by molar-refractivity contribution is 0.535. The molecule has 7 heteroatoms. The van der Waals surface area contributed by atoms with Crippen molar-refractivity contribution in [2.24, 2.45) is 12.0 Å². The van der Waals surface area contributed by atoms with Crippen molar-refractivity contribution >= 4 is 11.6 Å². The third-order valence-corrected chi connectivity index (χ3v) is 5.59. The van der Waals surface area contributed by atoms with E-state index in [-0.39, 0.29) is 0 Å². The van der Waals surface area contributed by atoms with E-state index in [2.05, 4.69) is 77.0 Å². The van der Waals surface area contributed by atoms with E-state index in [0.717, 1.165) is 43.5 Å². The van der Waals surface area contributed by atoms with E-state index in [0.29, 0.717) is 12.6 Å². The summed E-state index contributed by atoms with van der Waals surface area (Å²) in [6, 6.07) is 10.9. The standard InChI is InChI=1S/C24H41N7/c1-6-7-8-10-14-20(2)27-24(26-19-23-29-28-21(3)31(23)5)25-17-13-18-30(4)22-15-11-9-12-16-22/h9,11-12,15-16,20H,6-8,10,13-14,17-19H2,1-5H3,(H2,25,26,27). The van der Waals surface area contributed by atoms with Gasteiger partial charge in [0.1, 0.15) is 12.4 Å². The van der Waals surface area contributed by atoms with Crippen molar-refractivity contribution in [3.05, 3.63) is 42.0 Å². The highest BCUT2D eigenvalue weighted by molar-refractivity contribution is 5.80. The van der Waals surface area contributed by atoms with Gasteiger partial charge in [-0.05, 0) is 38.8 Å². The number of para-hydroxylation sites is 1.